The van der Waals surface area contributed by atoms with Crippen LogP contribution in [-0.4, -0.2) is 45.1 Å². The van der Waals surface area contributed by atoms with E-state index in [1.807, 2.05) is 0 Å². The Kier molecular flexibility index (Phi) is 5.60. The van der Waals surface area contributed by atoms with Crippen molar-refractivity contribution in [1.29, 1.82) is 0 Å². The van der Waals surface area contributed by atoms with E-state index in [4.69, 9.17) is 19.9 Å². The third-order valence-electron chi connectivity index (χ3n) is 3.47. The molecule has 0 amide bonds. The quantitative estimate of drug-likeness (QED) is 0.561. The summed E-state index contributed by atoms with van der Waals surface area (Å²) in [4.78, 5) is 37.7. The smallest absolute Gasteiger partial charge is 0.351 e. The van der Waals surface area contributed by atoms with Crippen molar-refractivity contribution in [2.24, 2.45) is 0 Å². The van der Waals surface area contributed by atoms with Crippen LogP contribution in [0.25, 0.3) is 0 Å². The van der Waals surface area contributed by atoms with Gasteiger partial charge in [0.1, 0.15) is 24.6 Å². The Labute approximate surface area is 146 Å². The minimum atomic E-state index is -0.797. The molecule has 0 saturated carbocycles. The molecule has 132 valence electrons. The molecule has 2 N–H and O–H groups in total. The Hall–Kier alpha value is -1.94. The molecule has 4 atom stereocenters. The summed E-state index contributed by atoms with van der Waals surface area (Å²) in [5.74, 6) is -0.870. The van der Waals surface area contributed by atoms with Gasteiger partial charge in [-0.2, -0.15) is 4.98 Å². The van der Waals surface area contributed by atoms with Crippen molar-refractivity contribution in [2.75, 3.05) is 12.3 Å². The van der Waals surface area contributed by atoms with E-state index >= 15 is 0 Å². The molecule has 1 fully saturated rings. The molecule has 0 spiro atoms. The van der Waals surface area contributed by atoms with E-state index in [1.165, 1.54) is 24.6 Å². The molecule has 0 radical (unpaired) electrons. The first-order valence-electron chi connectivity index (χ1n) is 7.16. The van der Waals surface area contributed by atoms with Crippen molar-refractivity contribution in [3.63, 3.8) is 0 Å². The molecule has 0 bridgehead atoms. The third kappa shape index (κ3) is 3.93. The lowest BCUT2D eigenvalue weighted by Gasteiger charge is -2.19. The van der Waals surface area contributed by atoms with Gasteiger partial charge in [-0.25, -0.2) is 4.79 Å². The predicted octanol–water partition coefficient (Wildman–Crippen LogP) is 0.290. The number of aryl methyl sites for hydroxylation is 1. The average Bonchev–Trinajstić information content (AvgIpc) is 2.77. The van der Waals surface area contributed by atoms with Gasteiger partial charge in [0.25, 0.3) is 0 Å². The fourth-order valence-corrected chi connectivity index (χ4v) is 3.17. The summed E-state index contributed by atoms with van der Waals surface area (Å²) in [7, 11) is 0. The van der Waals surface area contributed by atoms with Gasteiger partial charge >= 0.3 is 17.6 Å². The summed E-state index contributed by atoms with van der Waals surface area (Å²) in [5.41, 5.74) is 5.63. The zero-order valence-electron chi connectivity index (χ0n) is 13.4. The van der Waals surface area contributed by atoms with Crippen LogP contribution in [0.1, 0.15) is 25.6 Å². The van der Waals surface area contributed by atoms with Gasteiger partial charge in [-0.1, -0.05) is 15.9 Å². The second kappa shape index (κ2) is 7.31. The van der Waals surface area contributed by atoms with Crippen LogP contribution in [0.15, 0.2) is 11.0 Å². The number of nitrogens with zero attached hydrogens (tertiary/aromatic N) is 2. The first-order chi connectivity index (χ1) is 11.2. The normalized spacial score (nSPS) is 26.2. The van der Waals surface area contributed by atoms with Gasteiger partial charge in [0.05, 0.1) is 4.83 Å². The summed E-state index contributed by atoms with van der Waals surface area (Å²) in [6, 6.07) is 0. The summed E-state index contributed by atoms with van der Waals surface area (Å²) >= 11 is 3.40. The second-order valence-electron chi connectivity index (χ2n) is 5.39. The van der Waals surface area contributed by atoms with E-state index in [0.29, 0.717) is 5.56 Å². The van der Waals surface area contributed by atoms with Crippen LogP contribution in [0.4, 0.5) is 5.82 Å². The van der Waals surface area contributed by atoms with Crippen molar-refractivity contribution in [3.05, 3.63) is 22.2 Å². The highest BCUT2D eigenvalue weighted by molar-refractivity contribution is 9.09. The zero-order valence-corrected chi connectivity index (χ0v) is 15.0. The Morgan fingerprint density at radius 1 is 1.42 bits per heavy atom. The fourth-order valence-electron chi connectivity index (χ4n) is 2.35. The van der Waals surface area contributed by atoms with Crippen LogP contribution >= 0.6 is 15.9 Å². The first kappa shape index (κ1) is 18.4. The number of ether oxygens (including phenoxy) is 3. The second-order valence-corrected chi connectivity index (χ2v) is 6.44. The van der Waals surface area contributed by atoms with Crippen molar-refractivity contribution in [3.8, 4) is 0 Å². The molecule has 9 nitrogen and oxygen atoms in total. The number of nitrogens with two attached hydrogens (primary N) is 1. The number of hydrogen-bond donors (Lipinski definition) is 1. The Morgan fingerprint density at radius 3 is 2.67 bits per heavy atom. The lowest BCUT2D eigenvalue weighted by Crippen LogP contribution is -2.36. The van der Waals surface area contributed by atoms with Crippen molar-refractivity contribution in [2.45, 2.75) is 44.0 Å². The highest BCUT2D eigenvalue weighted by Gasteiger charge is 2.47. The fraction of sp³-hybridized carbons (Fsp3) is 0.571. The van der Waals surface area contributed by atoms with Gasteiger partial charge in [-0.3, -0.25) is 14.2 Å². The summed E-state index contributed by atoms with van der Waals surface area (Å²) in [5, 5.41) is 0. The number of carbonyl (C=O) groups excluding carboxylic acids is 2. The maximum absolute atomic E-state index is 12.1. The number of aromatic nitrogens is 2. The topological polar surface area (TPSA) is 123 Å². The Morgan fingerprint density at radius 2 is 2.08 bits per heavy atom. The molecule has 1 aromatic rings. The van der Waals surface area contributed by atoms with Gasteiger partial charge in [0.15, 0.2) is 6.23 Å². The molecular formula is C14H18BrN3O6. The summed E-state index contributed by atoms with van der Waals surface area (Å²) in [6.07, 6.45) is -0.745. The van der Waals surface area contributed by atoms with Crippen LogP contribution in [-0.2, 0) is 23.8 Å². The number of nitrogen functional groups attached to an aromatic ring is 1. The number of hydrogen-bond acceptors (Lipinski definition) is 8. The lowest BCUT2D eigenvalue weighted by molar-refractivity contribution is -0.155. The molecule has 0 aromatic carbocycles. The van der Waals surface area contributed by atoms with E-state index in [0.717, 1.165) is 0 Å². The number of alkyl halides is 1. The van der Waals surface area contributed by atoms with Crippen molar-refractivity contribution < 1.29 is 23.8 Å². The average molecular weight is 404 g/mol. The molecule has 2 rings (SSSR count). The molecule has 1 aliphatic heterocycles. The van der Waals surface area contributed by atoms with Crippen LogP contribution < -0.4 is 11.4 Å². The highest BCUT2D eigenvalue weighted by Crippen LogP contribution is 2.36. The van der Waals surface area contributed by atoms with Gasteiger partial charge in [0.2, 0.25) is 0 Å². The molecule has 24 heavy (non-hydrogen) atoms. The summed E-state index contributed by atoms with van der Waals surface area (Å²) < 4.78 is 17.2. The van der Waals surface area contributed by atoms with E-state index in [9.17, 15) is 14.4 Å². The van der Waals surface area contributed by atoms with E-state index in [-0.39, 0.29) is 12.4 Å². The maximum Gasteiger partial charge on any atom is 0.351 e. The number of carbonyl (C=O) groups is 2. The van der Waals surface area contributed by atoms with E-state index < -0.39 is 40.9 Å². The SMILES string of the molecule is CC(=O)OC[C@H]1O[C@@H](n2cc(C)c(N)nc2=O)[C@H](Br)[C@@H]1OC(C)=O. The monoisotopic (exact) mass is 403 g/mol. The number of anilines is 1. The molecule has 2 heterocycles. The zero-order chi connectivity index (χ0) is 18.0. The minimum absolute atomic E-state index is 0.109. The molecule has 0 unspecified atom stereocenters. The Bertz CT molecular complexity index is 706. The number of esters is 2. The number of halogens is 1. The Balaban J connectivity index is 2.31. The number of rotatable bonds is 4. The molecule has 0 aliphatic carbocycles. The van der Waals surface area contributed by atoms with Crippen LogP contribution in [0.2, 0.25) is 0 Å². The molecule has 1 saturated heterocycles. The third-order valence-corrected chi connectivity index (χ3v) is 4.44. The van der Waals surface area contributed by atoms with Gasteiger partial charge in [-0.05, 0) is 6.92 Å². The van der Waals surface area contributed by atoms with Crippen LogP contribution in [0, 0.1) is 6.92 Å². The van der Waals surface area contributed by atoms with Crippen LogP contribution in [0.5, 0.6) is 0 Å². The molecular weight excluding hydrogens is 386 g/mol. The van der Waals surface area contributed by atoms with Gasteiger partial charge in [-0.15, -0.1) is 0 Å². The lowest BCUT2D eigenvalue weighted by atomic mass is 10.2. The standard InChI is InChI=1S/C14H18BrN3O6/c1-6-4-18(14(21)17-12(6)16)13-10(15)11(23-8(3)20)9(24-13)5-22-7(2)19/h4,9-11,13H,5H2,1-3H3,(H2,16,17,21)/t9-,10-,11-,13-/m1/s1. The first-order valence-corrected chi connectivity index (χ1v) is 8.07. The molecule has 10 heteroatoms. The van der Waals surface area contributed by atoms with E-state index in [1.54, 1.807) is 6.92 Å². The summed E-state index contributed by atoms with van der Waals surface area (Å²) in [6.45, 7) is 4.12. The largest absolute Gasteiger partial charge is 0.463 e. The van der Waals surface area contributed by atoms with Crippen molar-refractivity contribution >= 4 is 33.7 Å². The van der Waals surface area contributed by atoms with Gasteiger partial charge in [0, 0.05) is 25.6 Å². The van der Waals surface area contributed by atoms with Crippen molar-refractivity contribution in [1.82, 2.24) is 9.55 Å². The van der Waals surface area contributed by atoms with E-state index in [2.05, 4.69) is 20.9 Å². The minimum Gasteiger partial charge on any atom is -0.463 e. The molecule has 1 aromatic heterocycles. The van der Waals surface area contributed by atoms with Crippen LogP contribution in [0.3, 0.4) is 0 Å². The highest BCUT2D eigenvalue weighted by atomic mass is 79.9. The predicted molar refractivity (Wildman–Crippen MR) is 86.5 cm³/mol. The maximum atomic E-state index is 12.1. The molecule has 1 aliphatic rings. The van der Waals surface area contributed by atoms with Gasteiger partial charge < -0.3 is 19.9 Å².